The van der Waals surface area contributed by atoms with Crippen LogP contribution in [0.5, 0.6) is 0 Å². The maximum atomic E-state index is 13.8. The predicted molar refractivity (Wildman–Crippen MR) is 176 cm³/mol. The third-order valence-electron chi connectivity index (χ3n) is 8.95. The highest BCUT2D eigenvalue weighted by Crippen LogP contribution is 2.40. The van der Waals surface area contributed by atoms with E-state index < -0.39 is 15.6 Å². The summed E-state index contributed by atoms with van der Waals surface area (Å²) in [5.41, 5.74) is 2.67. The summed E-state index contributed by atoms with van der Waals surface area (Å²) in [6.45, 7) is 6.03. The monoisotopic (exact) mass is 649 g/mol. The van der Waals surface area contributed by atoms with Gasteiger partial charge in [0.2, 0.25) is 5.91 Å². The first-order valence-corrected chi connectivity index (χ1v) is 17.3. The molecule has 5 rings (SSSR count). The first-order valence-electron chi connectivity index (χ1n) is 15.8. The van der Waals surface area contributed by atoms with E-state index in [2.05, 4.69) is 16.8 Å². The van der Waals surface area contributed by atoms with Gasteiger partial charge < -0.3 is 14.2 Å². The molecule has 2 aliphatic rings. The summed E-state index contributed by atoms with van der Waals surface area (Å²) in [7, 11) is -0.933. The van der Waals surface area contributed by atoms with E-state index in [4.69, 9.17) is 14.3 Å². The van der Waals surface area contributed by atoms with Crippen molar-refractivity contribution in [3.8, 4) is 11.1 Å². The number of methoxy groups -OCH3 is 1. The van der Waals surface area contributed by atoms with Gasteiger partial charge in [0.25, 0.3) is 15.9 Å². The summed E-state index contributed by atoms with van der Waals surface area (Å²) in [6, 6.07) is 12.5. The Morgan fingerprint density at radius 1 is 1.13 bits per heavy atom. The molecule has 2 aromatic carbocycles. The van der Waals surface area contributed by atoms with Crippen molar-refractivity contribution in [1.29, 1.82) is 0 Å². The van der Waals surface area contributed by atoms with Crippen LogP contribution in [0.4, 0.5) is 5.82 Å². The van der Waals surface area contributed by atoms with Crippen molar-refractivity contribution in [3.05, 3.63) is 64.9 Å². The van der Waals surface area contributed by atoms with Gasteiger partial charge >= 0.3 is 0 Å². The summed E-state index contributed by atoms with van der Waals surface area (Å²) in [4.78, 5) is 35.0. The smallest absolute Gasteiger partial charge is 0.263 e. The van der Waals surface area contributed by atoms with Gasteiger partial charge in [0, 0.05) is 38.2 Å². The van der Waals surface area contributed by atoms with Gasteiger partial charge in [-0.3, -0.25) is 24.2 Å². The zero-order valence-electron chi connectivity index (χ0n) is 27.3. The molecule has 46 heavy (non-hydrogen) atoms. The first kappa shape index (κ1) is 33.3. The van der Waals surface area contributed by atoms with Crippen LogP contribution in [0.15, 0.2) is 56.9 Å². The van der Waals surface area contributed by atoms with Crippen LogP contribution >= 0.6 is 0 Å². The number of sulfonamides is 1. The molecule has 2 heterocycles. The zero-order valence-corrected chi connectivity index (χ0v) is 28.1. The molecule has 0 atom stereocenters. The zero-order chi connectivity index (χ0) is 33.1. The molecule has 1 aliphatic carbocycles. The van der Waals surface area contributed by atoms with Crippen molar-refractivity contribution in [1.82, 2.24) is 15.0 Å². The van der Waals surface area contributed by atoms with Crippen LogP contribution in [-0.2, 0) is 37.4 Å². The predicted octanol–water partition coefficient (Wildman–Crippen LogP) is 5.61. The summed E-state index contributed by atoms with van der Waals surface area (Å²) in [5.74, 6) is 1.34. The third-order valence-corrected chi connectivity index (χ3v) is 10.3. The summed E-state index contributed by atoms with van der Waals surface area (Å²) in [6.07, 6.45) is 6.24. The summed E-state index contributed by atoms with van der Waals surface area (Å²) in [5, 5.41) is 3.88. The standard InChI is InChI=1S/C34H43N5O6S/c1-6-7-14-30-35-34(17-10-11-18-34)33(41)39(30)20-25-15-16-27(26(19-25)21-38(4)31(40)22-44-5)28-12-8-9-13-29(28)46(42,43)37-32-23(2)24(3)45-36-32/h8-9,12-13,15-16,19H,6-7,10-11,14,17-18,20-22H2,1-5H3,(H,36,37). The molecule has 246 valence electrons. The van der Waals surface area contributed by atoms with Gasteiger partial charge in [-0.2, -0.15) is 0 Å². The van der Waals surface area contributed by atoms with Crippen molar-refractivity contribution in [2.24, 2.45) is 4.99 Å². The first-order chi connectivity index (χ1) is 22.0. The van der Waals surface area contributed by atoms with Crippen LogP contribution in [0.2, 0.25) is 0 Å². The van der Waals surface area contributed by atoms with Gasteiger partial charge in [-0.1, -0.05) is 67.7 Å². The molecule has 11 nitrogen and oxygen atoms in total. The maximum absolute atomic E-state index is 13.8. The van der Waals surface area contributed by atoms with Crippen molar-refractivity contribution in [3.63, 3.8) is 0 Å². The van der Waals surface area contributed by atoms with Crippen LogP contribution in [0.1, 0.15) is 74.3 Å². The highest BCUT2D eigenvalue weighted by Gasteiger charge is 2.49. The highest BCUT2D eigenvalue weighted by atomic mass is 32.2. The number of ether oxygens (including phenoxy) is 1. The molecule has 0 saturated heterocycles. The van der Waals surface area contributed by atoms with E-state index in [1.807, 2.05) is 23.1 Å². The fourth-order valence-corrected chi connectivity index (χ4v) is 7.50. The Morgan fingerprint density at radius 3 is 2.54 bits per heavy atom. The molecule has 1 aliphatic heterocycles. The van der Waals surface area contributed by atoms with Gasteiger partial charge in [0.05, 0.1) is 11.4 Å². The number of likely N-dealkylation sites (N-methyl/N-ethyl adjacent to an activating group) is 1. The number of aryl methyl sites for hydroxylation is 1. The van der Waals surface area contributed by atoms with E-state index in [-0.39, 0.29) is 35.7 Å². The Kier molecular flexibility index (Phi) is 9.97. The molecule has 0 bridgehead atoms. The Bertz CT molecular complexity index is 1740. The van der Waals surface area contributed by atoms with Crippen LogP contribution in [0, 0.1) is 13.8 Å². The number of anilines is 1. The summed E-state index contributed by atoms with van der Waals surface area (Å²) < 4.78 is 40.3. The van der Waals surface area contributed by atoms with E-state index in [0.717, 1.165) is 61.9 Å². The van der Waals surface area contributed by atoms with Gasteiger partial charge in [-0.05, 0) is 55.9 Å². The average molecular weight is 650 g/mol. The molecule has 1 N–H and O–H groups in total. The lowest BCUT2D eigenvalue weighted by Gasteiger charge is -2.24. The van der Waals surface area contributed by atoms with Gasteiger partial charge in [-0.15, -0.1) is 0 Å². The van der Waals surface area contributed by atoms with E-state index in [9.17, 15) is 18.0 Å². The molecule has 1 spiro atoms. The molecule has 0 unspecified atom stereocenters. The van der Waals surface area contributed by atoms with Gasteiger partial charge in [-0.25, -0.2) is 8.42 Å². The van der Waals surface area contributed by atoms with Crippen LogP contribution < -0.4 is 4.72 Å². The number of benzene rings is 2. The summed E-state index contributed by atoms with van der Waals surface area (Å²) >= 11 is 0. The lowest BCUT2D eigenvalue weighted by Crippen LogP contribution is -2.40. The number of hydrogen-bond donors (Lipinski definition) is 1. The molecule has 12 heteroatoms. The minimum atomic E-state index is -4.08. The van der Waals surface area contributed by atoms with E-state index >= 15 is 0 Å². The van der Waals surface area contributed by atoms with E-state index in [1.165, 1.54) is 13.2 Å². The molecule has 1 aromatic heterocycles. The lowest BCUT2D eigenvalue weighted by atomic mass is 9.96. The minimum Gasteiger partial charge on any atom is -0.375 e. The SMILES string of the molecule is CCCCC1=NC2(CCCC2)C(=O)N1Cc1ccc(-c2ccccc2S(=O)(=O)Nc2noc(C)c2C)c(CN(C)C(=O)COC)c1. The van der Waals surface area contributed by atoms with Crippen molar-refractivity contribution in [2.45, 2.75) is 89.2 Å². The minimum absolute atomic E-state index is 0.0572. The maximum Gasteiger partial charge on any atom is 0.263 e. The lowest BCUT2D eigenvalue weighted by molar-refractivity contribution is -0.134. The Hall–Kier alpha value is -4.03. The number of carbonyl (C=O) groups excluding carboxylic acids is 2. The Balaban J connectivity index is 1.53. The third kappa shape index (κ3) is 6.73. The number of nitrogens with zero attached hydrogens (tertiary/aromatic N) is 4. The molecule has 0 radical (unpaired) electrons. The van der Waals surface area contributed by atoms with Crippen LogP contribution in [0.3, 0.4) is 0 Å². The number of aliphatic imine (C=N–C) groups is 1. The van der Waals surface area contributed by atoms with Crippen molar-refractivity contribution in [2.75, 3.05) is 25.5 Å². The number of aromatic nitrogens is 1. The second kappa shape index (κ2) is 13.8. The van der Waals surface area contributed by atoms with Gasteiger partial charge in [0.1, 0.15) is 23.7 Å². The quantitative estimate of drug-likeness (QED) is 0.254. The molecule has 3 aromatic rings. The number of rotatable bonds is 13. The van der Waals surface area contributed by atoms with Crippen molar-refractivity contribution >= 4 is 33.5 Å². The normalized spacial score (nSPS) is 15.9. The topological polar surface area (TPSA) is 134 Å². The fourth-order valence-electron chi connectivity index (χ4n) is 6.22. The number of amidine groups is 1. The number of carbonyl (C=O) groups is 2. The molecule has 1 saturated carbocycles. The van der Waals surface area contributed by atoms with E-state index in [0.29, 0.717) is 29.0 Å². The average Bonchev–Trinajstić information content (AvgIpc) is 3.71. The number of hydrogen-bond acceptors (Lipinski definition) is 8. The molecular weight excluding hydrogens is 606 g/mol. The number of amides is 2. The Labute approximate surface area is 271 Å². The van der Waals surface area contributed by atoms with Crippen molar-refractivity contribution < 1.29 is 27.3 Å². The highest BCUT2D eigenvalue weighted by molar-refractivity contribution is 7.92. The Morgan fingerprint density at radius 2 is 1.87 bits per heavy atom. The van der Waals surface area contributed by atoms with Crippen LogP contribution in [0.25, 0.3) is 11.1 Å². The van der Waals surface area contributed by atoms with Crippen LogP contribution in [-0.4, -0.2) is 67.3 Å². The fraction of sp³-hybridized carbons (Fsp3) is 0.471. The number of nitrogens with one attached hydrogen (secondary N) is 1. The van der Waals surface area contributed by atoms with Gasteiger partial charge in [0.15, 0.2) is 5.82 Å². The second-order valence-electron chi connectivity index (χ2n) is 12.2. The largest absolute Gasteiger partial charge is 0.375 e. The number of unbranched alkanes of at least 4 members (excludes halogenated alkanes) is 1. The molecule has 1 fully saturated rings. The molecular formula is C34H43N5O6S. The van der Waals surface area contributed by atoms with E-state index in [1.54, 1.807) is 44.0 Å². The molecule has 2 amide bonds. The second-order valence-corrected chi connectivity index (χ2v) is 13.9.